The van der Waals surface area contributed by atoms with Gasteiger partial charge in [0.1, 0.15) is 12.4 Å². The molecule has 2 heterocycles. The van der Waals surface area contributed by atoms with E-state index in [-0.39, 0.29) is 18.1 Å². The standard InChI is InChI=1S/C22H25N5O2/c1-25(17-10-4-2-5-11-17)19-13-8-7-12-18(19)23-21(28)16-27-22(29)26-15-9-3-6-14-20(26)24-27/h2,4-5,7-8,10-13H,3,6,9,14-16H2,1H3,(H,23,28). The van der Waals surface area contributed by atoms with Crippen molar-refractivity contribution in [3.8, 4) is 0 Å². The first kappa shape index (κ1) is 19.0. The molecule has 2 aromatic carbocycles. The predicted molar refractivity (Wildman–Crippen MR) is 114 cm³/mol. The van der Waals surface area contributed by atoms with Crippen LogP contribution < -0.4 is 15.9 Å². The van der Waals surface area contributed by atoms with Gasteiger partial charge in [-0.3, -0.25) is 9.36 Å². The molecule has 1 N–H and O–H groups in total. The van der Waals surface area contributed by atoms with Crippen LogP contribution in [0.4, 0.5) is 17.1 Å². The molecule has 1 aliphatic heterocycles. The van der Waals surface area contributed by atoms with Crippen molar-refractivity contribution in [2.24, 2.45) is 0 Å². The Morgan fingerprint density at radius 3 is 2.66 bits per heavy atom. The summed E-state index contributed by atoms with van der Waals surface area (Å²) in [7, 11) is 1.96. The molecule has 0 radical (unpaired) electrons. The van der Waals surface area contributed by atoms with Crippen molar-refractivity contribution in [3.63, 3.8) is 0 Å². The Bertz CT molecular complexity index is 1050. The minimum atomic E-state index is -0.269. The lowest BCUT2D eigenvalue weighted by Crippen LogP contribution is -2.30. The van der Waals surface area contributed by atoms with Crippen molar-refractivity contribution in [3.05, 3.63) is 70.9 Å². The molecule has 29 heavy (non-hydrogen) atoms. The molecule has 0 bridgehead atoms. The smallest absolute Gasteiger partial charge is 0.343 e. The molecule has 7 heteroatoms. The molecule has 4 rings (SSSR count). The van der Waals surface area contributed by atoms with Gasteiger partial charge in [0.25, 0.3) is 0 Å². The highest BCUT2D eigenvalue weighted by atomic mass is 16.2. The van der Waals surface area contributed by atoms with Gasteiger partial charge in [-0.25, -0.2) is 9.48 Å². The SMILES string of the molecule is CN(c1ccccc1)c1ccccc1NC(=O)Cn1nc2n(c1=O)CCCCC2. The van der Waals surface area contributed by atoms with Crippen LogP contribution in [-0.2, 0) is 24.3 Å². The molecule has 3 aromatic rings. The summed E-state index contributed by atoms with van der Waals surface area (Å²) >= 11 is 0. The molecule has 0 aliphatic carbocycles. The van der Waals surface area contributed by atoms with Crippen LogP contribution in [0.2, 0.25) is 0 Å². The third kappa shape index (κ3) is 4.08. The Morgan fingerprint density at radius 2 is 1.83 bits per heavy atom. The molecule has 150 valence electrons. The second kappa shape index (κ2) is 8.34. The Kier molecular flexibility index (Phi) is 5.46. The third-order valence-electron chi connectivity index (χ3n) is 5.26. The van der Waals surface area contributed by atoms with Crippen LogP contribution in [0.25, 0.3) is 0 Å². The van der Waals surface area contributed by atoms with Gasteiger partial charge in [0.2, 0.25) is 5.91 Å². The zero-order chi connectivity index (χ0) is 20.2. The monoisotopic (exact) mass is 391 g/mol. The average molecular weight is 391 g/mol. The maximum absolute atomic E-state index is 12.7. The fourth-order valence-corrected chi connectivity index (χ4v) is 3.72. The Hall–Kier alpha value is -3.35. The minimum Gasteiger partial charge on any atom is -0.343 e. The van der Waals surface area contributed by atoms with Crippen LogP contribution >= 0.6 is 0 Å². The molecule has 1 aromatic heterocycles. The van der Waals surface area contributed by atoms with E-state index in [0.717, 1.165) is 42.9 Å². The van der Waals surface area contributed by atoms with Gasteiger partial charge in [0.05, 0.1) is 11.4 Å². The number of benzene rings is 2. The molecule has 1 amide bonds. The summed E-state index contributed by atoms with van der Waals surface area (Å²) in [4.78, 5) is 27.3. The second-order valence-corrected chi connectivity index (χ2v) is 7.28. The van der Waals surface area contributed by atoms with Crippen LogP contribution in [0, 0.1) is 0 Å². The van der Waals surface area contributed by atoms with Crippen LogP contribution in [0.15, 0.2) is 59.4 Å². The van der Waals surface area contributed by atoms with E-state index in [9.17, 15) is 9.59 Å². The first-order valence-electron chi connectivity index (χ1n) is 9.97. The van der Waals surface area contributed by atoms with E-state index in [4.69, 9.17) is 0 Å². The van der Waals surface area contributed by atoms with Gasteiger partial charge in [-0.05, 0) is 37.1 Å². The number of nitrogens with one attached hydrogen (secondary N) is 1. The van der Waals surface area contributed by atoms with Gasteiger partial charge in [0, 0.05) is 25.7 Å². The Labute approximate surface area is 169 Å². The van der Waals surface area contributed by atoms with Gasteiger partial charge < -0.3 is 10.2 Å². The van der Waals surface area contributed by atoms with Gasteiger partial charge >= 0.3 is 5.69 Å². The van der Waals surface area contributed by atoms with Crippen LogP contribution in [0.3, 0.4) is 0 Å². The molecule has 7 nitrogen and oxygen atoms in total. The van der Waals surface area contributed by atoms with E-state index in [0.29, 0.717) is 12.2 Å². The number of fused-ring (bicyclic) bond motifs is 1. The molecule has 0 fully saturated rings. The lowest BCUT2D eigenvalue weighted by Gasteiger charge is -2.22. The Balaban J connectivity index is 1.52. The van der Waals surface area contributed by atoms with Gasteiger partial charge in [-0.1, -0.05) is 36.8 Å². The summed E-state index contributed by atoms with van der Waals surface area (Å²) in [6, 6.07) is 17.6. The number of para-hydroxylation sites is 3. The number of nitrogens with zero attached hydrogens (tertiary/aromatic N) is 4. The number of rotatable bonds is 5. The van der Waals surface area contributed by atoms with E-state index in [1.54, 1.807) is 4.57 Å². The van der Waals surface area contributed by atoms with E-state index < -0.39 is 0 Å². The molecule has 0 atom stereocenters. The normalized spacial score (nSPS) is 13.4. The van der Waals surface area contributed by atoms with Crippen LogP contribution in [0.1, 0.15) is 25.1 Å². The van der Waals surface area contributed by atoms with Gasteiger partial charge in [-0.2, -0.15) is 5.10 Å². The van der Waals surface area contributed by atoms with Gasteiger partial charge in [0.15, 0.2) is 0 Å². The quantitative estimate of drug-likeness (QED) is 0.725. The zero-order valence-corrected chi connectivity index (χ0v) is 16.5. The Morgan fingerprint density at radius 1 is 1.07 bits per heavy atom. The van der Waals surface area contributed by atoms with Crippen LogP contribution in [0.5, 0.6) is 0 Å². The van der Waals surface area contributed by atoms with Crippen molar-refractivity contribution in [1.29, 1.82) is 0 Å². The lowest BCUT2D eigenvalue weighted by molar-refractivity contribution is -0.117. The molecule has 1 aliphatic rings. The molecular weight excluding hydrogens is 366 g/mol. The van der Waals surface area contributed by atoms with Crippen molar-refractivity contribution in [2.45, 2.75) is 38.8 Å². The number of amides is 1. The highest BCUT2D eigenvalue weighted by molar-refractivity contribution is 5.95. The van der Waals surface area contributed by atoms with E-state index in [1.807, 2.05) is 66.5 Å². The summed E-state index contributed by atoms with van der Waals surface area (Å²) in [6.45, 7) is 0.586. The first-order valence-corrected chi connectivity index (χ1v) is 9.97. The fraction of sp³-hybridized carbons (Fsp3) is 0.318. The topological polar surface area (TPSA) is 72.2 Å². The first-order chi connectivity index (χ1) is 14.1. The maximum Gasteiger partial charge on any atom is 0.346 e. The van der Waals surface area contributed by atoms with E-state index >= 15 is 0 Å². The minimum absolute atomic E-state index is 0.0950. The largest absolute Gasteiger partial charge is 0.346 e. The van der Waals surface area contributed by atoms with Crippen molar-refractivity contribution in [1.82, 2.24) is 14.3 Å². The fourth-order valence-electron chi connectivity index (χ4n) is 3.72. The molecule has 0 unspecified atom stereocenters. The van der Waals surface area contributed by atoms with Crippen molar-refractivity contribution in [2.75, 3.05) is 17.3 Å². The summed E-state index contributed by atoms with van der Waals surface area (Å²) in [5, 5.41) is 7.33. The number of hydrogen-bond acceptors (Lipinski definition) is 4. The van der Waals surface area contributed by atoms with E-state index in [2.05, 4.69) is 10.4 Å². The number of anilines is 3. The summed E-state index contributed by atoms with van der Waals surface area (Å²) in [5.41, 5.74) is 2.38. The number of carbonyl (C=O) groups excluding carboxylic acids is 1. The number of carbonyl (C=O) groups is 1. The maximum atomic E-state index is 12.7. The predicted octanol–water partition coefficient (Wildman–Crippen LogP) is 3.18. The molecule has 0 spiro atoms. The summed E-state index contributed by atoms with van der Waals surface area (Å²) in [5.74, 6) is 0.513. The number of aromatic nitrogens is 3. The molecule has 0 saturated carbocycles. The average Bonchev–Trinajstić information content (AvgIpc) is 2.90. The van der Waals surface area contributed by atoms with Crippen molar-refractivity contribution >= 4 is 23.0 Å². The summed E-state index contributed by atoms with van der Waals surface area (Å²) < 4.78 is 2.98. The highest BCUT2D eigenvalue weighted by Gasteiger charge is 2.18. The summed E-state index contributed by atoms with van der Waals surface area (Å²) in [6.07, 6.45) is 3.90. The van der Waals surface area contributed by atoms with Crippen LogP contribution in [-0.4, -0.2) is 27.3 Å². The lowest BCUT2D eigenvalue weighted by atomic mass is 10.2. The molecule has 0 saturated heterocycles. The second-order valence-electron chi connectivity index (χ2n) is 7.28. The third-order valence-corrected chi connectivity index (χ3v) is 5.26. The van der Waals surface area contributed by atoms with E-state index in [1.165, 1.54) is 4.68 Å². The number of hydrogen-bond donors (Lipinski definition) is 1. The van der Waals surface area contributed by atoms with Crippen molar-refractivity contribution < 1.29 is 4.79 Å². The highest BCUT2D eigenvalue weighted by Crippen LogP contribution is 2.30. The molecular formula is C22H25N5O2. The zero-order valence-electron chi connectivity index (χ0n) is 16.5. The van der Waals surface area contributed by atoms with Gasteiger partial charge in [-0.15, -0.1) is 0 Å². The number of aryl methyl sites for hydroxylation is 1.